The molecule has 0 aliphatic heterocycles. The molecule has 1 aliphatic rings. The van der Waals surface area contributed by atoms with Crippen LogP contribution in [0.3, 0.4) is 0 Å². The van der Waals surface area contributed by atoms with Crippen LogP contribution < -0.4 is 5.32 Å². The quantitative estimate of drug-likeness (QED) is 0.787. The zero-order chi connectivity index (χ0) is 18.1. The van der Waals surface area contributed by atoms with Crippen LogP contribution in [-0.2, 0) is 21.3 Å². The maximum Gasteiger partial charge on any atom is 0.228 e. The van der Waals surface area contributed by atoms with E-state index >= 15 is 0 Å². The molecule has 25 heavy (non-hydrogen) atoms. The van der Waals surface area contributed by atoms with E-state index in [1.165, 1.54) is 6.07 Å². The molecule has 2 aromatic rings. The molecule has 3 rings (SSSR count). The number of amides is 1. The normalized spacial score (nSPS) is 20.2. The van der Waals surface area contributed by atoms with E-state index in [4.69, 9.17) is 23.2 Å². The summed E-state index contributed by atoms with van der Waals surface area (Å²) in [7, 11) is -1.03. The van der Waals surface area contributed by atoms with Crippen LogP contribution in [0.25, 0.3) is 0 Å². The average molecular weight is 400 g/mol. The molecule has 0 bridgehead atoms. The molecule has 3 atom stereocenters. The van der Waals surface area contributed by atoms with Crippen molar-refractivity contribution in [3.63, 3.8) is 0 Å². The monoisotopic (exact) mass is 399 g/mol. The Balaban J connectivity index is 1.71. The van der Waals surface area contributed by atoms with E-state index in [-0.39, 0.29) is 23.6 Å². The van der Waals surface area contributed by atoms with Gasteiger partial charge in [0.05, 0.1) is 0 Å². The van der Waals surface area contributed by atoms with Gasteiger partial charge in [-0.2, -0.15) is 0 Å². The Morgan fingerprint density at radius 3 is 2.72 bits per heavy atom. The fourth-order valence-electron chi connectivity index (χ4n) is 2.89. The first-order valence-electron chi connectivity index (χ1n) is 7.70. The van der Waals surface area contributed by atoms with Crippen molar-refractivity contribution in [3.8, 4) is 0 Å². The van der Waals surface area contributed by atoms with Crippen molar-refractivity contribution in [2.45, 2.75) is 18.1 Å². The lowest BCUT2D eigenvalue weighted by molar-refractivity contribution is -0.117. The van der Waals surface area contributed by atoms with Crippen molar-refractivity contribution in [2.24, 2.45) is 5.92 Å². The van der Waals surface area contributed by atoms with Crippen LogP contribution in [0.5, 0.6) is 0 Å². The van der Waals surface area contributed by atoms with Crippen LogP contribution in [-0.4, -0.2) is 16.4 Å². The smallest absolute Gasteiger partial charge is 0.228 e. The third-order valence-electron chi connectivity index (χ3n) is 4.17. The summed E-state index contributed by atoms with van der Waals surface area (Å²) in [4.78, 5) is 12.4. The lowest BCUT2D eigenvalue weighted by Gasteiger charge is -2.09. The minimum Gasteiger partial charge on any atom is -0.326 e. The first-order valence-corrected chi connectivity index (χ1v) is 10.2. The average Bonchev–Trinajstić information content (AvgIpc) is 3.30. The summed E-state index contributed by atoms with van der Waals surface area (Å²) in [6.45, 7) is 0. The van der Waals surface area contributed by atoms with Crippen molar-refractivity contribution < 1.29 is 13.4 Å². The number of anilines is 1. The second kappa shape index (κ2) is 7.44. The lowest BCUT2D eigenvalue weighted by atomic mass is 10.1. The summed E-state index contributed by atoms with van der Waals surface area (Å²) in [5, 5.41) is 3.68. The first kappa shape index (κ1) is 18.4. The standard InChI is InChI=1S/C18H16Cl2FNO2S/c1-25(24)9-10-7-11(5-6-14(10)19)22-18(23)13-8-12(13)17-15(20)3-2-4-16(17)21/h2-7,12-13H,8-9H2,1H3,(H,22,23)/t12-,13-,25+/m1/s1. The summed E-state index contributed by atoms with van der Waals surface area (Å²) < 4.78 is 25.4. The Morgan fingerprint density at radius 2 is 2.04 bits per heavy atom. The highest BCUT2D eigenvalue weighted by Gasteiger charge is 2.46. The summed E-state index contributed by atoms with van der Waals surface area (Å²) in [5.74, 6) is -0.765. The van der Waals surface area contributed by atoms with Gasteiger partial charge >= 0.3 is 0 Å². The zero-order valence-electron chi connectivity index (χ0n) is 13.4. The van der Waals surface area contributed by atoms with Gasteiger partial charge < -0.3 is 5.32 Å². The van der Waals surface area contributed by atoms with Gasteiger partial charge in [0.15, 0.2) is 0 Å². The van der Waals surface area contributed by atoms with Crippen LogP contribution in [0.15, 0.2) is 36.4 Å². The second-order valence-electron chi connectivity index (χ2n) is 6.10. The van der Waals surface area contributed by atoms with E-state index in [1.54, 1.807) is 36.6 Å². The number of hydrogen-bond donors (Lipinski definition) is 1. The largest absolute Gasteiger partial charge is 0.326 e. The molecule has 1 saturated carbocycles. The van der Waals surface area contributed by atoms with E-state index in [0.29, 0.717) is 39.0 Å². The molecule has 3 nitrogen and oxygen atoms in total. The summed E-state index contributed by atoms with van der Waals surface area (Å²) >= 11 is 12.2. The topological polar surface area (TPSA) is 46.2 Å². The Kier molecular flexibility index (Phi) is 5.46. The Bertz CT molecular complexity index is 839. The minimum atomic E-state index is -1.03. The third-order valence-corrected chi connectivity index (χ3v) is 5.59. The number of halogens is 3. The molecule has 7 heteroatoms. The Labute approximate surface area is 158 Å². The molecule has 0 spiro atoms. The molecule has 0 radical (unpaired) electrons. The van der Waals surface area contributed by atoms with Crippen molar-refractivity contribution in [2.75, 3.05) is 11.6 Å². The lowest BCUT2D eigenvalue weighted by Crippen LogP contribution is -2.15. The Morgan fingerprint density at radius 1 is 1.28 bits per heavy atom. The van der Waals surface area contributed by atoms with E-state index in [2.05, 4.69) is 5.32 Å². The molecule has 1 fully saturated rings. The predicted molar refractivity (Wildman–Crippen MR) is 100 cm³/mol. The summed E-state index contributed by atoms with van der Waals surface area (Å²) in [5.41, 5.74) is 1.70. The van der Waals surface area contributed by atoms with Gasteiger partial charge in [0.1, 0.15) is 5.82 Å². The van der Waals surface area contributed by atoms with Gasteiger partial charge in [-0.25, -0.2) is 4.39 Å². The molecule has 1 aliphatic carbocycles. The molecule has 0 aromatic heterocycles. The summed E-state index contributed by atoms with van der Waals surface area (Å²) in [6.07, 6.45) is 2.15. The van der Waals surface area contributed by atoms with Crippen molar-refractivity contribution in [1.82, 2.24) is 0 Å². The molecule has 0 heterocycles. The summed E-state index contributed by atoms with van der Waals surface area (Å²) in [6, 6.07) is 9.60. The molecular formula is C18H16Cl2FNO2S. The number of rotatable bonds is 5. The van der Waals surface area contributed by atoms with Crippen LogP contribution in [0.4, 0.5) is 10.1 Å². The molecule has 1 amide bonds. The highest BCUT2D eigenvalue weighted by atomic mass is 35.5. The van der Waals surface area contributed by atoms with Gasteiger partial charge in [-0.15, -0.1) is 0 Å². The van der Waals surface area contributed by atoms with E-state index in [1.807, 2.05) is 0 Å². The maximum absolute atomic E-state index is 14.0. The molecule has 2 aromatic carbocycles. The van der Waals surface area contributed by atoms with E-state index in [9.17, 15) is 13.4 Å². The SMILES string of the molecule is C[S@](=O)Cc1cc(NC(=O)[C@@H]2C[C@H]2c2c(F)cccc2Cl)ccc1Cl. The third kappa shape index (κ3) is 4.22. The van der Waals surface area contributed by atoms with Crippen LogP contribution in [0.1, 0.15) is 23.5 Å². The van der Waals surface area contributed by atoms with Crippen LogP contribution >= 0.6 is 23.2 Å². The number of carbonyl (C=O) groups is 1. The second-order valence-corrected chi connectivity index (χ2v) is 8.35. The van der Waals surface area contributed by atoms with Crippen molar-refractivity contribution in [1.29, 1.82) is 0 Å². The minimum absolute atomic E-state index is 0.185. The number of carbonyl (C=O) groups excluding carboxylic acids is 1. The molecule has 1 N–H and O–H groups in total. The number of benzene rings is 2. The van der Waals surface area contributed by atoms with Gasteiger partial charge in [-0.3, -0.25) is 9.00 Å². The number of nitrogens with one attached hydrogen (secondary N) is 1. The molecule has 0 saturated heterocycles. The maximum atomic E-state index is 14.0. The van der Waals surface area contributed by atoms with Gasteiger partial charge in [0.2, 0.25) is 5.91 Å². The number of hydrogen-bond acceptors (Lipinski definition) is 2. The highest BCUT2D eigenvalue weighted by Crippen LogP contribution is 2.50. The van der Waals surface area contributed by atoms with Gasteiger partial charge in [0, 0.05) is 55.9 Å². The van der Waals surface area contributed by atoms with E-state index < -0.39 is 10.8 Å². The molecule has 0 unspecified atom stereocenters. The van der Waals surface area contributed by atoms with E-state index in [0.717, 1.165) is 0 Å². The van der Waals surface area contributed by atoms with Gasteiger partial charge in [-0.1, -0.05) is 29.3 Å². The van der Waals surface area contributed by atoms with Crippen molar-refractivity contribution in [3.05, 3.63) is 63.4 Å². The fourth-order valence-corrected chi connectivity index (χ4v) is 4.13. The van der Waals surface area contributed by atoms with Gasteiger partial charge in [0.25, 0.3) is 0 Å². The fraction of sp³-hybridized carbons (Fsp3) is 0.278. The van der Waals surface area contributed by atoms with Crippen molar-refractivity contribution >= 4 is 45.6 Å². The first-order chi connectivity index (χ1) is 11.9. The predicted octanol–water partition coefficient (Wildman–Crippen LogP) is 4.75. The highest BCUT2D eigenvalue weighted by molar-refractivity contribution is 7.83. The van der Waals surface area contributed by atoms with Crippen LogP contribution in [0.2, 0.25) is 10.0 Å². The Hall–Kier alpha value is -1.43. The molecular weight excluding hydrogens is 384 g/mol. The van der Waals surface area contributed by atoms with Gasteiger partial charge in [-0.05, 0) is 42.3 Å². The van der Waals surface area contributed by atoms with Crippen LogP contribution in [0, 0.1) is 11.7 Å². The zero-order valence-corrected chi connectivity index (χ0v) is 15.7. The molecule has 132 valence electrons.